The SMILES string of the molecule is CCN(Cc1cnn(C)c1)S(=O)(=O)c1ccc(C)c([N+](=O)[O-])c1. The van der Waals surface area contributed by atoms with Crippen molar-refractivity contribution in [3.8, 4) is 0 Å². The molecule has 0 bridgehead atoms. The molecule has 23 heavy (non-hydrogen) atoms. The van der Waals surface area contributed by atoms with Gasteiger partial charge in [0.2, 0.25) is 10.0 Å². The molecule has 1 aromatic heterocycles. The summed E-state index contributed by atoms with van der Waals surface area (Å²) in [5, 5.41) is 15.0. The highest BCUT2D eigenvalue weighted by molar-refractivity contribution is 7.89. The number of nitro benzene ring substituents is 1. The standard InChI is InChI=1S/C14H18N4O4S/c1-4-17(10-12-8-15-16(3)9-12)23(21,22)13-6-5-11(2)14(7-13)18(19)20/h5-9H,4,10H2,1-3H3. The van der Waals surface area contributed by atoms with Crippen molar-refractivity contribution in [2.75, 3.05) is 6.54 Å². The van der Waals surface area contributed by atoms with Gasteiger partial charge in [0.05, 0.1) is 16.0 Å². The van der Waals surface area contributed by atoms with Crippen LogP contribution in [-0.2, 0) is 23.6 Å². The second kappa shape index (κ2) is 6.47. The first-order valence-electron chi connectivity index (χ1n) is 6.98. The highest BCUT2D eigenvalue weighted by Gasteiger charge is 2.26. The molecule has 8 nitrogen and oxygen atoms in total. The van der Waals surface area contributed by atoms with Crippen molar-refractivity contribution < 1.29 is 13.3 Å². The van der Waals surface area contributed by atoms with Gasteiger partial charge in [0, 0.05) is 43.5 Å². The van der Waals surface area contributed by atoms with E-state index in [1.54, 1.807) is 38.0 Å². The molecule has 124 valence electrons. The molecule has 1 heterocycles. The van der Waals surface area contributed by atoms with E-state index in [4.69, 9.17) is 0 Å². The number of nitrogens with zero attached hydrogens (tertiary/aromatic N) is 4. The normalized spacial score (nSPS) is 11.8. The molecule has 0 spiro atoms. The summed E-state index contributed by atoms with van der Waals surface area (Å²) >= 11 is 0. The van der Waals surface area contributed by atoms with Gasteiger partial charge in [-0.3, -0.25) is 14.8 Å². The van der Waals surface area contributed by atoms with Gasteiger partial charge in [-0.15, -0.1) is 0 Å². The molecule has 2 aromatic rings. The molecular formula is C14H18N4O4S. The quantitative estimate of drug-likeness (QED) is 0.591. The number of sulfonamides is 1. The summed E-state index contributed by atoms with van der Waals surface area (Å²) in [6.07, 6.45) is 3.32. The van der Waals surface area contributed by atoms with Gasteiger partial charge in [-0.25, -0.2) is 8.42 Å². The van der Waals surface area contributed by atoms with Gasteiger partial charge in [0.25, 0.3) is 5.69 Å². The molecule has 0 saturated heterocycles. The average Bonchev–Trinajstić information content (AvgIpc) is 2.89. The zero-order valence-corrected chi connectivity index (χ0v) is 13.9. The minimum absolute atomic E-state index is 0.0828. The lowest BCUT2D eigenvalue weighted by Crippen LogP contribution is -2.30. The van der Waals surface area contributed by atoms with Crippen LogP contribution in [0.2, 0.25) is 0 Å². The number of nitro groups is 1. The van der Waals surface area contributed by atoms with E-state index < -0.39 is 14.9 Å². The molecule has 0 aliphatic carbocycles. The molecule has 9 heteroatoms. The predicted molar refractivity (Wildman–Crippen MR) is 84.3 cm³/mol. The topological polar surface area (TPSA) is 98.3 Å². The van der Waals surface area contributed by atoms with E-state index in [0.29, 0.717) is 5.56 Å². The minimum atomic E-state index is -3.82. The molecule has 0 radical (unpaired) electrons. The lowest BCUT2D eigenvalue weighted by atomic mass is 10.2. The molecule has 0 unspecified atom stereocenters. The molecule has 0 saturated carbocycles. The lowest BCUT2D eigenvalue weighted by molar-refractivity contribution is -0.385. The maximum absolute atomic E-state index is 12.7. The smallest absolute Gasteiger partial charge is 0.273 e. The molecule has 0 amide bonds. The third kappa shape index (κ3) is 3.57. The Labute approximate surface area is 134 Å². The summed E-state index contributed by atoms with van der Waals surface area (Å²) in [7, 11) is -2.07. The number of benzene rings is 1. The number of hydrogen-bond donors (Lipinski definition) is 0. The summed E-state index contributed by atoms with van der Waals surface area (Å²) < 4.78 is 28.3. The average molecular weight is 338 g/mol. The maximum atomic E-state index is 12.7. The molecule has 2 rings (SSSR count). The fraction of sp³-hybridized carbons (Fsp3) is 0.357. The van der Waals surface area contributed by atoms with Crippen LogP contribution in [0.15, 0.2) is 35.5 Å². The van der Waals surface area contributed by atoms with Gasteiger partial charge in [-0.1, -0.05) is 13.0 Å². The van der Waals surface area contributed by atoms with Gasteiger partial charge >= 0.3 is 0 Å². The zero-order valence-electron chi connectivity index (χ0n) is 13.1. The van der Waals surface area contributed by atoms with E-state index in [2.05, 4.69) is 5.10 Å². The fourth-order valence-corrected chi connectivity index (χ4v) is 3.68. The Hall–Kier alpha value is -2.26. The molecule has 1 aromatic carbocycles. The second-order valence-electron chi connectivity index (χ2n) is 5.16. The molecule has 0 atom stereocenters. The monoisotopic (exact) mass is 338 g/mol. The molecule has 0 N–H and O–H groups in total. The molecular weight excluding hydrogens is 320 g/mol. The largest absolute Gasteiger partial charge is 0.275 e. The second-order valence-corrected chi connectivity index (χ2v) is 7.10. The van der Waals surface area contributed by atoms with Gasteiger partial charge in [-0.2, -0.15) is 9.40 Å². The summed E-state index contributed by atoms with van der Waals surface area (Å²) in [6.45, 7) is 3.70. The van der Waals surface area contributed by atoms with Crippen molar-refractivity contribution >= 4 is 15.7 Å². The third-order valence-corrected chi connectivity index (χ3v) is 5.40. The van der Waals surface area contributed by atoms with Crippen LogP contribution in [-0.4, -0.2) is 34.0 Å². The van der Waals surface area contributed by atoms with E-state index in [1.807, 2.05) is 0 Å². The van der Waals surface area contributed by atoms with Crippen LogP contribution in [0.25, 0.3) is 0 Å². The van der Waals surface area contributed by atoms with Crippen LogP contribution in [0, 0.1) is 17.0 Å². The van der Waals surface area contributed by atoms with Gasteiger partial charge in [0.15, 0.2) is 0 Å². The predicted octanol–water partition coefficient (Wildman–Crippen LogP) is 1.85. The number of aryl methyl sites for hydroxylation is 2. The first kappa shape index (κ1) is 17.1. The van der Waals surface area contributed by atoms with E-state index in [1.165, 1.54) is 16.4 Å². The van der Waals surface area contributed by atoms with Gasteiger partial charge < -0.3 is 0 Å². The molecule has 0 aliphatic rings. The highest BCUT2D eigenvalue weighted by atomic mass is 32.2. The molecule has 0 fully saturated rings. The number of rotatable bonds is 6. The van der Waals surface area contributed by atoms with Crippen LogP contribution in [0.5, 0.6) is 0 Å². The molecule has 0 aliphatic heterocycles. The Morgan fingerprint density at radius 1 is 1.39 bits per heavy atom. The Balaban J connectivity index is 2.39. The number of hydrogen-bond acceptors (Lipinski definition) is 5. The van der Waals surface area contributed by atoms with Crippen LogP contribution in [0.3, 0.4) is 0 Å². The van der Waals surface area contributed by atoms with Crippen molar-refractivity contribution in [1.29, 1.82) is 0 Å². The fourth-order valence-electron chi connectivity index (χ4n) is 2.22. The van der Waals surface area contributed by atoms with Crippen molar-refractivity contribution in [3.05, 3.63) is 51.8 Å². The Morgan fingerprint density at radius 3 is 2.61 bits per heavy atom. The lowest BCUT2D eigenvalue weighted by Gasteiger charge is -2.19. The van der Waals surface area contributed by atoms with E-state index >= 15 is 0 Å². The number of aromatic nitrogens is 2. The maximum Gasteiger partial charge on any atom is 0.273 e. The van der Waals surface area contributed by atoms with E-state index in [9.17, 15) is 18.5 Å². The van der Waals surface area contributed by atoms with Crippen molar-refractivity contribution in [3.63, 3.8) is 0 Å². The van der Waals surface area contributed by atoms with Crippen LogP contribution in [0.1, 0.15) is 18.1 Å². The van der Waals surface area contributed by atoms with Crippen molar-refractivity contribution in [2.24, 2.45) is 7.05 Å². The highest BCUT2D eigenvalue weighted by Crippen LogP contribution is 2.25. The van der Waals surface area contributed by atoms with Crippen LogP contribution in [0.4, 0.5) is 5.69 Å². The summed E-state index contributed by atoms with van der Waals surface area (Å²) in [5.74, 6) is 0. The minimum Gasteiger partial charge on any atom is -0.275 e. The summed E-state index contributed by atoms with van der Waals surface area (Å²) in [4.78, 5) is 10.4. The van der Waals surface area contributed by atoms with Crippen molar-refractivity contribution in [1.82, 2.24) is 14.1 Å². The van der Waals surface area contributed by atoms with Gasteiger partial charge in [-0.05, 0) is 13.0 Å². The van der Waals surface area contributed by atoms with Crippen LogP contribution >= 0.6 is 0 Å². The van der Waals surface area contributed by atoms with Crippen LogP contribution < -0.4 is 0 Å². The zero-order chi connectivity index (χ0) is 17.2. The Bertz CT molecular complexity index is 829. The third-order valence-electron chi connectivity index (χ3n) is 3.49. The van der Waals surface area contributed by atoms with E-state index in [0.717, 1.165) is 11.6 Å². The summed E-state index contributed by atoms with van der Waals surface area (Å²) in [6, 6.07) is 3.95. The van der Waals surface area contributed by atoms with E-state index in [-0.39, 0.29) is 23.7 Å². The first-order chi connectivity index (χ1) is 10.8. The summed E-state index contributed by atoms with van der Waals surface area (Å²) in [5.41, 5.74) is 0.965. The Kier molecular flexibility index (Phi) is 4.81. The first-order valence-corrected chi connectivity index (χ1v) is 8.42. The van der Waals surface area contributed by atoms with Gasteiger partial charge in [0.1, 0.15) is 0 Å². The Morgan fingerprint density at radius 2 is 2.09 bits per heavy atom. The van der Waals surface area contributed by atoms with Crippen molar-refractivity contribution in [2.45, 2.75) is 25.3 Å².